The number of rotatable bonds is 56. The number of ether oxygens (including phenoxy) is 20. The van der Waals surface area contributed by atoms with Gasteiger partial charge in [-0.1, -0.05) is 14.9 Å². The smallest absolute Gasteiger partial charge is 0.431 e. The van der Waals surface area contributed by atoms with Crippen molar-refractivity contribution in [3.05, 3.63) is 0 Å². The van der Waals surface area contributed by atoms with Crippen LogP contribution in [0.25, 0.3) is 0 Å². The summed E-state index contributed by atoms with van der Waals surface area (Å²) in [5.74, 6) is 8.02. The minimum atomic E-state index is -1.11. The molecule has 19 N–H and O–H groups in total. The summed E-state index contributed by atoms with van der Waals surface area (Å²) in [4.78, 5) is 118. The van der Waals surface area contributed by atoms with E-state index in [-0.39, 0.29) is 138 Å². The van der Waals surface area contributed by atoms with Crippen LogP contribution in [0.15, 0.2) is 0 Å². The summed E-state index contributed by atoms with van der Waals surface area (Å²) in [6.45, 7) is 36.5. The number of hydrogen-bond donors (Lipinski definition) is 12. The minimum Gasteiger partial charge on any atom is -0.480 e. The topological polar surface area (TPSA) is 601 Å². The van der Waals surface area contributed by atoms with Crippen molar-refractivity contribution >= 4 is 47.8 Å². The molecule has 0 aromatic heterocycles. The van der Waals surface area contributed by atoms with Crippen LogP contribution in [0.2, 0.25) is 0 Å². The van der Waals surface area contributed by atoms with E-state index < -0.39 is 59.0 Å². The number of carbonyl (C=O) groups excluding carboxylic acids is 7. The molecule has 0 aromatic carbocycles. The molecule has 0 saturated carbocycles. The first-order valence-corrected chi connectivity index (χ1v) is 36.1. The van der Waals surface area contributed by atoms with E-state index in [1.165, 1.54) is 18.1 Å². The predicted octanol–water partition coefficient (Wildman–Crippen LogP) is -2.64. The summed E-state index contributed by atoms with van der Waals surface area (Å²) in [6.07, 6.45) is -1.60. The van der Waals surface area contributed by atoms with Gasteiger partial charge < -0.3 is 115 Å². The van der Waals surface area contributed by atoms with E-state index in [9.17, 15) is 38.4 Å². The van der Waals surface area contributed by atoms with Crippen molar-refractivity contribution in [3.8, 4) is 0 Å². The van der Waals surface area contributed by atoms with E-state index in [1.807, 2.05) is 40.2 Å². The molecule has 0 saturated heterocycles. The molecule has 2 radical (unpaired) electrons. The third kappa shape index (κ3) is 185. The van der Waals surface area contributed by atoms with E-state index >= 15 is 0 Å². The molecule has 49 heteroatoms. The zero-order valence-corrected chi connectivity index (χ0v) is 80.0. The average molecular weight is 1910 g/mol. The molecule has 119 heavy (non-hydrogen) atoms. The van der Waals surface area contributed by atoms with E-state index in [0.717, 1.165) is 6.61 Å². The van der Waals surface area contributed by atoms with Gasteiger partial charge in [-0.25, -0.2) is 73.3 Å². The fourth-order valence-electron chi connectivity index (χ4n) is 5.14. The van der Waals surface area contributed by atoms with Crippen LogP contribution in [0, 0.1) is 0 Å². The molecule has 0 unspecified atom stereocenters. The third-order valence-electron chi connectivity index (χ3n) is 9.54. The maximum absolute atomic E-state index is 11.2. The zero-order valence-electron chi connectivity index (χ0n) is 74.3. The van der Waals surface area contributed by atoms with Crippen LogP contribution in [0.1, 0.15) is 105 Å². The molecule has 0 bridgehead atoms. The number of amides is 5. The number of carbonyl (C=O) groups is 8. The molecule has 47 nitrogen and oxygen atoms in total. The van der Waals surface area contributed by atoms with Crippen LogP contribution in [0.5, 0.6) is 0 Å². The molecular weight excluding hydrogens is 1750 g/mol. The van der Waals surface area contributed by atoms with Crippen LogP contribution >= 0.6 is 0 Å². The van der Waals surface area contributed by atoms with Gasteiger partial charge in [0, 0.05) is 142 Å². The van der Waals surface area contributed by atoms with Crippen LogP contribution < -0.4 is 55.7 Å². The number of hydroxylamine groups is 5. The maximum atomic E-state index is 11.2. The normalized spacial score (nSPS) is 10.1. The molecule has 0 aliphatic heterocycles. The molecule has 5 amide bonds. The molecule has 0 aliphatic rings. The Kier molecular flexibility index (Phi) is 146. The van der Waals surface area contributed by atoms with Gasteiger partial charge in [0.05, 0.1) is 159 Å². The molecule has 0 heterocycles. The minimum absolute atomic E-state index is 0. The Hall–Kier alpha value is -3.59. The van der Waals surface area contributed by atoms with Gasteiger partial charge in [0.15, 0.2) is 19.8 Å². The van der Waals surface area contributed by atoms with Crippen LogP contribution in [0.3, 0.4) is 0 Å². The van der Waals surface area contributed by atoms with Gasteiger partial charge in [-0.3, -0.25) is 29.3 Å². The summed E-state index contributed by atoms with van der Waals surface area (Å²) in [5, 5.41) is 21.4. The van der Waals surface area contributed by atoms with Crippen LogP contribution in [0.4, 0.5) is 9.59 Å². The fraction of sp³-hybridized carbons (Fsp3) is 0.886. The Balaban J connectivity index is -0.0000000866. The Morgan fingerprint density at radius 3 is 1.03 bits per heavy atom. The molecule has 0 rings (SSSR count). The van der Waals surface area contributed by atoms with Crippen molar-refractivity contribution in [1.29, 1.82) is 0 Å². The molecule has 716 valence electrons. The zero-order chi connectivity index (χ0) is 90.0. The Labute approximate surface area is 757 Å². The fourth-order valence-corrected chi connectivity index (χ4v) is 5.14. The number of nitrogens with two attached hydrogens (primary N) is 3. The molecule has 0 aromatic rings. The molecule has 0 fully saturated rings. The maximum Gasteiger partial charge on any atom is 0.431 e. The average Bonchev–Trinajstić information content (AvgIpc) is 0.964. The molecule has 0 spiro atoms. The van der Waals surface area contributed by atoms with Crippen molar-refractivity contribution in [1.82, 2.24) is 27.1 Å². The summed E-state index contributed by atoms with van der Waals surface area (Å²) in [5.41, 5.74) is 6.36. The molecular formula is C70H162N10O37Y2+4. The standard InChI is InChI=1S/C11H22O5.C10H20N2O6.C8H18N2O4.C8H14O5.C7H16N2O4.C6H15NO3.C5H11NO3.C5H14NO3.C5H12O2.C3H9NO2.2CH4.2Y/c1-11(2,3)16-10(12)9-15-8-7-14-6-5-13-4;1-10(2,3)18-9(14)12-17-7-8(13)11-16-6-5-15-4;1-9-14-7-8(11)10-3-4-13-6-5-12-2;1-8(2,3)13-7(11)5-12-4-6(9)10;1-11-4-5-12-3-2-9-7(10)6-13-8;1-7-10-6-5-9-4-3-8-2;1-5(2,3)9-4(7)6-8;1-7-2-3-8-4-5-9-6;1-3-7-5-4-6-2;1-5-2-3-6-4;;;;/h5-9H2,1-4H3;5-7H2,1-4H3,(H,11,13)(H,12,14);9H,3-7H2,1-2H3,(H,10,11);4-5H2,1-3H3,(H,9,10);2-6H2,1,8H3;7H,3-6H2,1-2H3;8H,1-3H3,(H,6,7);2-5H2,1,6H3;3-5H2,1-2H3;2-4H2,1H3;2*1H4;;/q;;;;;;;+1;;;;;;/p+3. The summed E-state index contributed by atoms with van der Waals surface area (Å²) in [7, 11) is 16.5. The van der Waals surface area contributed by atoms with Crippen molar-refractivity contribution in [2.45, 2.75) is 127 Å². The van der Waals surface area contributed by atoms with E-state index in [1.54, 1.807) is 125 Å². The van der Waals surface area contributed by atoms with Crippen molar-refractivity contribution in [3.63, 3.8) is 0 Å². The largest absolute Gasteiger partial charge is 0.480 e. The van der Waals surface area contributed by atoms with Gasteiger partial charge in [-0.15, -0.1) is 0 Å². The van der Waals surface area contributed by atoms with Gasteiger partial charge >= 0.3 is 30.1 Å². The first kappa shape index (κ1) is 147. The third-order valence-corrected chi connectivity index (χ3v) is 9.54. The monoisotopic (exact) mass is 1910 g/mol. The molecule has 0 atom stereocenters. The van der Waals surface area contributed by atoms with Gasteiger partial charge in [-0.05, 0) is 90.0 Å². The van der Waals surface area contributed by atoms with E-state index in [0.29, 0.717) is 165 Å². The quantitative estimate of drug-likeness (QED) is 0.00974. The van der Waals surface area contributed by atoms with Gasteiger partial charge in [0.2, 0.25) is 0 Å². The number of carboxylic acids is 1. The number of aliphatic carboxylic acids is 1. The number of carboxylic acid groups (broad SMARTS) is 1. The summed E-state index contributed by atoms with van der Waals surface area (Å²) < 4.78 is 97.3. The van der Waals surface area contributed by atoms with Crippen molar-refractivity contribution in [2.24, 2.45) is 5.90 Å². The van der Waals surface area contributed by atoms with E-state index in [4.69, 9.17) is 105 Å². The number of quaternary nitrogens is 4. The van der Waals surface area contributed by atoms with E-state index in [2.05, 4.69) is 67.4 Å². The number of nitrogens with one attached hydrogen (secondary N) is 5. The second kappa shape index (κ2) is 119. The van der Waals surface area contributed by atoms with Crippen molar-refractivity contribution < 1.29 is 265 Å². The van der Waals surface area contributed by atoms with Gasteiger partial charge in [-0.2, -0.15) is 15.2 Å². The van der Waals surface area contributed by atoms with Crippen molar-refractivity contribution in [2.75, 3.05) is 289 Å². The first-order chi connectivity index (χ1) is 54.3. The Morgan fingerprint density at radius 2 is 0.689 bits per heavy atom. The summed E-state index contributed by atoms with van der Waals surface area (Å²) >= 11 is 0. The second-order valence-electron chi connectivity index (χ2n) is 24.7. The number of methoxy groups -OCH3 is 8. The van der Waals surface area contributed by atoms with Crippen LogP contribution in [-0.4, -0.2) is 369 Å². The summed E-state index contributed by atoms with van der Waals surface area (Å²) in [6, 6.07) is 0. The predicted molar refractivity (Wildman–Crippen MR) is 422 cm³/mol. The second-order valence-corrected chi connectivity index (χ2v) is 24.7. The number of hydrogen-bond acceptors (Lipinski definition) is 37. The first-order valence-electron chi connectivity index (χ1n) is 36.1. The van der Waals surface area contributed by atoms with Gasteiger partial charge in [0.25, 0.3) is 17.7 Å². The Morgan fingerprint density at radius 1 is 0.353 bits per heavy atom. The SMILES string of the molecule is C.C.CC(C)(C)OC(=O)COCC(=O)O.CC(C)(C)OC(=O)NO.CCOCCOC.COCCOCCNC(=O)CO[NH3+].COCCOCCOCC(=O)OC(C)(C)C.COCCOCCO[NH3+].COCCON.COCCONC(=O)CONC(=O)OC(C)(C)C.C[NH2+]OCC(=O)NCCOCCOC.C[NH2+]OCCOCCOC.[Y].[Y]. The van der Waals surface area contributed by atoms with Crippen LogP contribution in [-0.2, 0) is 223 Å². The van der Waals surface area contributed by atoms with Gasteiger partial charge in [0.1, 0.15) is 55.4 Å². The Bertz CT molecular complexity index is 2050. The molecule has 0 aliphatic carbocycles. The number of esters is 2.